The van der Waals surface area contributed by atoms with Crippen LogP contribution in [0.15, 0.2) is 48.1 Å². The van der Waals surface area contributed by atoms with Crippen LogP contribution < -0.4 is 9.47 Å². The topological polar surface area (TPSA) is 27.7 Å². The molecule has 3 heteroatoms. The molecular weight excluding hydrogens is 312 g/mol. The summed E-state index contributed by atoms with van der Waals surface area (Å²) in [7, 11) is 1.62. The second-order valence-electron chi connectivity index (χ2n) is 6.98. The molecule has 25 heavy (non-hydrogen) atoms. The van der Waals surface area contributed by atoms with Crippen LogP contribution in [0.5, 0.6) is 11.5 Å². The van der Waals surface area contributed by atoms with Crippen molar-refractivity contribution in [3.8, 4) is 11.5 Å². The Kier molecular flexibility index (Phi) is 5.14. The Bertz CT molecular complexity index is 815. The molecule has 0 saturated carbocycles. The van der Waals surface area contributed by atoms with Crippen molar-refractivity contribution in [1.82, 2.24) is 0 Å². The zero-order valence-electron chi connectivity index (χ0n) is 15.5. The zero-order chi connectivity index (χ0) is 17.9. The van der Waals surface area contributed by atoms with Crippen molar-refractivity contribution in [3.05, 3.63) is 53.6 Å². The number of fused-ring (bicyclic) bond motifs is 3. The van der Waals surface area contributed by atoms with Gasteiger partial charge in [0, 0.05) is 12.7 Å². The molecule has 0 bridgehead atoms. The van der Waals surface area contributed by atoms with Gasteiger partial charge in [-0.1, -0.05) is 29.9 Å². The third kappa shape index (κ3) is 4.05. The molecule has 0 aliphatic carbocycles. The van der Waals surface area contributed by atoms with E-state index >= 15 is 0 Å². The maximum atomic E-state index is 6.35. The average Bonchev–Trinajstić information content (AvgIpc) is 2.58. The third-order valence-electron chi connectivity index (χ3n) is 4.48. The molecule has 2 aromatic rings. The van der Waals surface area contributed by atoms with Gasteiger partial charge in [-0.05, 0) is 68.7 Å². The van der Waals surface area contributed by atoms with Crippen molar-refractivity contribution < 1.29 is 14.2 Å². The molecule has 2 aromatic carbocycles. The van der Waals surface area contributed by atoms with Gasteiger partial charge in [-0.25, -0.2) is 0 Å². The van der Waals surface area contributed by atoms with E-state index in [0.717, 1.165) is 35.3 Å². The van der Waals surface area contributed by atoms with Crippen molar-refractivity contribution in [3.63, 3.8) is 0 Å². The summed E-state index contributed by atoms with van der Waals surface area (Å²) >= 11 is 0. The normalized spacial score (nSPS) is 18.6. The van der Waals surface area contributed by atoms with E-state index in [9.17, 15) is 0 Å². The lowest BCUT2D eigenvalue weighted by molar-refractivity contribution is 0.0512. The highest BCUT2D eigenvalue weighted by atomic mass is 16.7. The van der Waals surface area contributed by atoms with Crippen LogP contribution in [0.25, 0.3) is 16.8 Å². The van der Waals surface area contributed by atoms with Gasteiger partial charge in [-0.3, -0.25) is 0 Å². The van der Waals surface area contributed by atoms with E-state index in [1.165, 1.54) is 11.0 Å². The van der Waals surface area contributed by atoms with Gasteiger partial charge in [0.05, 0.1) is 0 Å². The Labute approximate surface area is 149 Å². The minimum Gasteiger partial charge on any atom is -0.483 e. The SMILES string of the molecule is COCOc1ccc2ccc3c(c2c1)C=CC(C)(CCC=C(C)C)O3. The van der Waals surface area contributed by atoms with Crippen molar-refractivity contribution in [2.75, 3.05) is 13.9 Å². The Morgan fingerprint density at radius 1 is 1.20 bits per heavy atom. The lowest BCUT2D eigenvalue weighted by Gasteiger charge is -2.32. The molecule has 1 heterocycles. The van der Waals surface area contributed by atoms with Crippen LogP contribution >= 0.6 is 0 Å². The molecule has 3 rings (SSSR count). The molecule has 0 amide bonds. The second-order valence-corrected chi connectivity index (χ2v) is 6.98. The van der Waals surface area contributed by atoms with Gasteiger partial charge in [-0.2, -0.15) is 0 Å². The molecule has 0 aromatic heterocycles. The minimum atomic E-state index is -0.267. The predicted octanol–water partition coefficient (Wildman–Crippen LogP) is 5.73. The fourth-order valence-corrected chi connectivity index (χ4v) is 3.11. The first-order chi connectivity index (χ1) is 12.0. The lowest BCUT2D eigenvalue weighted by atomic mass is 9.92. The molecule has 3 nitrogen and oxygen atoms in total. The van der Waals surface area contributed by atoms with Crippen LogP contribution in [0.3, 0.4) is 0 Å². The fraction of sp³-hybridized carbons (Fsp3) is 0.364. The summed E-state index contributed by atoms with van der Waals surface area (Å²) in [5.41, 5.74) is 2.19. The first kappa shape index (κ1) is 17.6. The van der Waals surface area contributed by atoms with E-state index < -0.39 is 0 Å². The summed E-state index contributed by atoms with van der Waals surface area (Å²) in [5, 5.41) is 2.30. The number of hydrogen-bond acceptors (Lipinski definition) is 3. The van der Waals surface area contributed by atoms with E-state index in [4.69, 9.17) is 14.2 Å². The van der Waals surface area contributed by atoms with Crippen LogP contribution in [0, 0.1) is 0 Å². The quantitative estimate of drug-likeness (QED) is 0.497. The Morgan fingerprint density at radius 2 is 2.00 bits per heavy atom. The highest BCUT2D eigenvalue weighted by molar-refractivity contribution is 5.94. The summed E-state index contributed by atoms with van der Waals surface area (Å²) in [4.78, 5) is 0. The van der Waals surface area contributed by atoms with E-state index in [0.29, 0.717) is 0 Å². The standard InChI is InChI=1S/C22H26O3/c1-16(2)6-5-12-22(3)13-11-19-20-14-18(24-15-23-4)9-7-17(20)8-10-21(19)25-22/h6-11,13-14H,5,12,15H2,1-4H3. The maximum absolute atomic E-state index is 6.35. The molecular formula is C22H26O3. The highest BCUT2D eigenvalue weighted by Crippen LogP contribution is 2.38. The van der Waals surface area contributed by atoms with Crippen molar-refractivity contribution >= 4 is 16.8 Å². The largest absolute Gasteiger partial charge is 0.483 e. The van der Waals surface area contributed by atoms with E-state index in [1.807, 2.05) is 12.1 Å². The van der Waals surface area contributed by atoms with Gasteiger partial charge < -0.3 is 14.2 Å². The van der Waals surface area contributed by atoms with Crippen molar-refractivity contribution in [2.24, 2.45) is 0 Å². The Balaban J connectivity index is 1.89. The summed E-state index contributed by atoms with van der Waals surface area (Å²) < 4.78 is 16.9. The fourth-order valence-electron chi connectivity index (χ4n) is 3.11. The smallest absolute Gasteiger partial charge is 0.188 e. The number of rotatable bonds is 6. The van der Waals surface area contributed by atoms with Crippen LogP contribution in [-0.4, -0.2) is 19.5 Å². The van der Waals surface area contributed by atoms with Gasteiger partial charge in [0.15, 0.2) is 6.79 Å². The molecule has 0 fully saturated rings. The number of allylic oxidation sites excluding steroid dienone is 2. The van der Waals surface area contributed by atoms with Gasteiger partial charge in [0.2, 0.25) is 0 Å². The minimum absolute atomic E-state index is 0.245. The number of benzene rings is 2. The monoisotopic (exact) mass is 338 g/mol. The second kappa shape index (κ2) is 7.32. The van der Waals surface area contributed by atoms with E-state index in [-0.39, 0.29) is 12.4 Å². The van der Waals surface area contributed by atoms with Gasteiger partial charge in [0.25, 0.3) is 0 Å². The van der Waals surface area contributed by atoms with Crippen LogP contribution in [0.2, 0.25) is 0 Å². The third-order valence-corrected chi connectivity index (χ3v) is 4.48. The summed E-state index contributed by atoms with van der Waals surface area (Å²) in [6.07, 6.45) is 8.60. The molecule has 0 saturated heterocycles. The summed E-state index contributed by atoms with van der Waals surface area (Å²) in [6, 6.07) is 10.2. The van der Waals surface area contributed by atoms with Crippen molar-refractivity contribution in [1.29, 1.82) is 0 Å². The van der Waals surface area contributed by atoms with Crippen LogP contribution in [0.1, 0.15) is 39.2 Å². The molecule has 0 spiro atoms. The van der Waals surface area contributed by atoms with Crippen molar-refractivity contribution in [2.45, 2.75) is 39.2 Å². The van der Waals surface area contributed by atoms with Crippen LogP contribution in [0.4, 0.5) is 0 Å². The molecule has 1 aliphatic heterocycles. The van der Waals surface area contributed by atoms with Gasteiger partial charge >= 0.3 is 0 Å². The van der Waals surface area contributed by atoms with Crippen LogP contribution in [-0.2, 0) is 4.74 Å². The number of hydrogen-bond donors (Lipinski definition) is 0. The lowest BCUT2D eigenvalue weighted by Crippen LogP contribution is -2.31. The highest BCUT2D eigenvalue weighted by Gasteiger charge is 2.27. The zero-order valence-corrected chi connectivity index (χ0v) is 15.5. The molecule has 132 valence electrons. The maximum Gasteiger partial charge on any atom is 0.188 e. The molecule has 1 unspecified atom stereocenters. The molecule has 1 atom stereocenters. The molecule has 0 N–H and O–H groups in total. The van der Waals surface area contributed by atoms with E-state index in [2.05, 4.69) is 57.2 Å². The predicted molar refractivity (Wildman–Crippen MR) is 103 cm³/mol. The average molecular weight is 338 g/mol. The number of ether oxygens (including phenoxy) is 3. The Morgan fingerprint density at radius 3 is 2.76 bits per heavy atom. The Hall–Kier alpha value is -2.26. The summed E-state index contributed by atoms with van der Waals surface area (Å²) in [5.74, 6) is 1.73. The summed E-state index contributed by atoms with van der Waals surface area (Å²) in [6.45, 7) is 6.65. The number of methoxy groups -OCH3 is 1. The first-order valence-electron chi connectivity index (χ1n) is 8.71. The first-order valence-corrected chi connectivity index (χ1v) is 8.71. The molecule has 1 aliphatic rings. The van der Waals surface area contributed by atoms with E-state index in [1.54, 1.807) is 7.11 Å². The molecule has 0 radical (unpaired) electrons. The van der Waals surface area contributed by atoms with Gasteiger partial charge in [-0.15, -0.1) is 0 Å². The van der Waals surface area contributed by atoms with Gasteiger partial charge in [0.1, 0.15) is 17.1 Å².